The number of halogens is 1. The molecule has 0 saturated carbocycles. The third-order valence-corrected chi connectivity index (χ3v) is 3.20. The molecule has 1 aromatic rings. The highest BCUT2D eigenvalue weighted by Gasteiger charge is 2.18. The van der Waals surface area contributed by atoms with Gasteiger partial charge >= 0.3 is 0 Å². The Kier molecular flexibility index (Phi) is 4.08. The number of hydrogen-bond acceptors (Lipinski definition) is 2. The molecule has 16 heavy (non-hydrogen) atoms. The van der Waals surface area contributed by atoms with Gasteiger partial charge in [-0.2, -0.15) is 0 Å². The van der Waals surface area contributed by atoms with Crippen LogP contribution >= 0.6 is 11.6 Å². The minimum Gasteiger partial charge on any atom is -0.493 e. The van der Waals surface area contributed by atoms with Crippen molar-refractivity contribution < 1.29 is 9.84 Å². The molecule has 0 spiro atoms. The minimum absolute atomic E-state index is 0.452. The van der Waals surface area contributed by atoms with Gasteiger partial charge in [-0.1, -0.05) is 18.2 Å². The van der Waals surface area contributed by atoms with E-state index in [0.29, 0.717) is 12.3 Å². The van der Waals surface area contributed by atoms with Crippen molar-refractivity contribution in [3.8, 4) is 5.75 Å². The fraction of sp³-hybridized carbons (Fsp3) is 0.538. The van der Waals surface area contributed by atoms with Crippen LogP contribution in [0, 0.1) is 0 Å². The molecule has 3 heteroatoms. The molecule has 0 aromatic heterocycles. The lowest BCUT2D eigenvalue weighted by molar-refractivity contribution is 0.158. The van der Waals surface area contributed by atoms with Gasteiger partial charge in [0.2, 0.25) is 0 Å². The topological polar surface area (TPSA) is 29.5 Å². The number of aliphatic hydroxyl groups is 1. The molecule has 88 valence electrons. The van der Waals surface area contributed by atoms with Crippen LogP contribution in [0.15, 0.2) is 18.2 Å². The van der Waals surface area contributed by atoms with Crippen molar-refractivity contribution in [3.63, 3.8) is 0 Å². The first-order chi connectivity index (χ1) is 7.83. The molecule has 1 unspecified atom stereocenters. The van der Waals surface area contributed by atoms with Crippen LogP contribution in [0.5, 0.6) is 5.75 Å². The van der Waals surface area contributed by atoms with E-state index in [1.54, 1.807) is 0 Å². The van der Waals surface area contributed by atoms with E-state index in [1.165, 1.54) is 5.56 Å². The van der Waals surface area contributed by atoms with Crippen LogP contribution in [0.1, 0.15) is 36.5 Å². The van der Waals surface area contributed by atoms with Crippen LogP contribution in [0.25, 0.3) is 0 Å². The molecule has 0 amide bonds. The Labute approximate surface area is 101 Å². The van der Waals surface area contributed by atoms with E-state index in [9.17, 15) is 5.11 Å². The Morgan fingerprint density at radius 2 is 2.31 bits per heavy atom. The summed E-state index contributed by atoms with van der Waals surface area (Å²) in [6, 6.07) is 6.02. The van der Waals surface area contributed by atoms with Crippen molar-refractivity contribution in [2.75, 3.05) is 12.5 Å². The fourth-order valence-electron chi connectivity index (χ4n) is 2.10. The Hall–Kier alpha value is -0.730. The fourth-order valence-corrected chi connectivity index (χ4v) is 2.26. The van der Waals surface area contributed by atoms with Gasteiger partial charge in [-0.3, -0.25) is 0 Å². The summed E-state index contributed by atoms with van der Waals surface area (Å²) >= 11 is 5.63. The average molecular weight is 241 g/mol. The first-order valence-electron chi connectivity index (χ1n) is 5.81. The number of alkyl halides is 1. The van der Waals surface area contributed by atoms with E-state index in [2.05, 4.69) is 6.07 Å². The van der Waals surface area contributed by atoms with Gasteiger partial charge in [0.15, 0.2) is 0 Å². The summed E-state index contributed by atoms with van der Waals surface area (Å²) in [5.74, 6) is 1.49. The lowest BCUT2D eigenvalue weighted by Gasteiger charge is -2.22. The summed E-state index contributed by atoms with van der Waals surface area (Å²) in [5, 5.41) is 10.1. The van der Waals surface area contributed by atoms with Crippen molar-refractivity contribution in [1.29, 1.82) is 0 Å². The first-order valence-corrected chi connectivity index (χ1v) is 6.35. The maximum Gasteiger partial charge on any atom is 0.128 e. The Bertz CT molecular complexity index is 352. The number of fused-ring (bicyclic) bond motifs is 1. The van der Waals surface area contributed by atoms with E-state index in [-0.39, 0.29) is 0 Å². The Morgan fingerprint density at radius 1 is 1.44 bits per heavy atom. The highest BCUT2D eigenvalue weighted by molar-refractivity contribution is 6.17. The normalized spacial score (nSPS) is 16.4. The monoisotopic (exact) mass is 240 g/mol. The predicted molar refractivity (Wildman–Crippen MR) is 65.2 cm³/mol. The van der Waals surface area contributed by atoms with Gasteiger partial charge in [0.25, 0.3) is 0 Å². The zero-order valence-corrected chi connectivity index (χ0v) is 10.0. The number of aryl methyl sites for hydroxylation is 1. The second kappa shape index (κ2) is 5.55. The standard InChI is InChI=1S/C13H17ClO2/c14-8-2-7-12(15)11-6-1-4-10-5-3-9-16-13(10)11/h1,4,6,12,15H,2-3,5,7-9H2. The molecule has 0 bridgehead atoms. The van der Waals surface area contributed by atoms with Gasteiger partial charge in [0.05, 0.1) is 12.7 Å². The number of benzene rings is 1. The quantitative estimate of drug-likeness (QED) is 0.820. The first kappa shape index (κ1) is 11.7. The average Bonchev–Trinajstić information content (AvgIpc) is 2.35. The number of ether oxygens (including phenoxy) is 1. The Balaban J connectivity index is 2.19. The van der Waals surface area contributed by atoms with Crippen LogP contribution in [0.4, 0.5) is 0 Å². The summed E-state index contributed by atoms with van der Waals surface area (Å²) in [7, 11) is 0. The number of hydrogen-bond donors (Lipinski definition) is 1. The van der Waals surface area contributed by atoms with Gasteiger partial charge in [0.1, 0.15) is 5.75 Å². The minimum atomic E-state index is -0.452. The Morgan fingerprint density at radius 3 is 3.12 bits per heavy atom. The zero-order chi connectivity index (χ0) is 11.4. The van der Waals surface area contributed by atoms with Crippen molar-refractivity contribution in [3.05, 3.63) is 29.3 Å². The molecule has 0 radical (unpaired) electrons. The van der Waals surface area contributed by atoms with Crippen molar-refractivity contribution in [2.45, 2.75) is 31.8 Å². The lowest BCUT2D eigenvalue weighted by Crippen LogP contribution is -2.12. The second-order valence-corrected chi connectivity index (χ2v) is 4.51. The van der Waals surface area contributed by atoms with Crippen molar-refractivity contribution in [2.24, 2.45) is 0 Å². The maximum absolute atomic E-state index is 10.1. The molecular formula is C13H17ClO2. The molecule has 1 N–H and O–H groups in total. The molecule has 1 atom stereocenters. The summed E-state index contributed by atoms with van der Waals surface area (Å²) in [6.45, 7) is 0.756. The van der Waals surface area contributed by atoms with Crippen LogP contribution < -0.4 is 4.74 Å². The predicted octanol–water partition coefficient (Wildman–Crippen LogP) is 3.06. The molecule has 0 saturated heterocycles. The molecule has 1 aliphatic heterocycles. The molecule has 2 nitrogen and oxygen atoms in total. The summed E-state index contributed by atoms with van der Waals surface area (Å²) in [6.07, 6.45) is 3.18. The molecule has 0 aliphatic carbocycles. The van der Waals surface area contributed by atoms with Crippen LogP contribution in [-0.4, -0.2) is 17.6 Å². The van der Waals surface area contributed by atoms with Gasteiger partial charge in [-0.25, -0.2) is 0 Å². The number of rotatable bonds is 4. The van der Waals surface area contributed by atoms with Crippen molar-refractivity contribution >= 4 is 11.6 Å². The summed E-state index contributed by atoms with van der Waals surface area (Å²) in [5.41, 5.74) is 2.14. The molecule has 1 aliphatic rings. The van der Waals surface area contributed by atoms with E-state index in [1.807, 2.05) is 12.1 Å². The van der Waals surface area contributed by atoms with Crippen LogP contribution in [0.2, 0.25) is 0 Å². The number of para-hydroxylation sites is 1. The van der Waals surface area contributed by atoms with Gasteiger partial charge in [-0.15, -0.1) is 11.6 Å². The highest BCUT2D eigenvalue weighted by Crippen LogP contribution is 2.34. The van der Waals surface area contributed by atoms with E-state index < -0.39 is 6.10 Å². The maximum atomic E-state index is 10.1. The van der Waals surface area contributed by atoms with Gasteiger partial charge in [-0.05, 0) is 31.2 Å². The second-order valence-electron chi connectivity index (χ2n) is 4.13. The molecule has 2 rings (SSSR count). The summed E-state index contributed by atoms with van der Waals surface area (Å²) < 4.78 is 5.66. The molecule has 1 heterocycles. The van der Waals surface area contributed by atoms with Crippen LogP contribution in [-0.2, 0) is 6.42 Å². The molecule has 0 fully saturated rings. The van der Waals surface area contributed by atoms with Gasteiger partial charge in [0, 0.05) is 11.4 Å². The van der Waals surface area contributed by atoms with E-state index >= 15 is 0 Å². The SMILES string of the molecule is OC(CCCCl)c1cccc2c1OCCC2. The zero-order valence-electron chi connectivity index (χ0n) is 9.29. The molecule has 1 aromatic carbocycles. The summed E-state index contributed by atoms with van der Waals surface area (Å²) in [4.78, 5) is 0. The largest absolute Gasteiger partial charge is 0.493 e. The third kappa shape index (κ3) is 2.50. The highest BCUT2D eigenvalue weighted by atomic mass is 35.5. The lowest BCUT2D eigenvalue weighted by atomic mass is 9.97. The smallest absolute Gasteiger partial charge is 0.128 e. The van der Waals surface area contributed by atoms with E-state index in [4.69, 9.17) is 16.3 Å². The van der Waals surface area contributed by atoms with E-state index in [0.717, 1.165) is 37.2 Å². The number of aliphatic hydroxyl groups excluding tert-OH is 1. The van der Waals surface area contributed by atoms with Crippen molar-refractivity contribution in [1.82, 2.24) is 0 Å². The van der Waals surface area contributed by atoms with Gasteiger partial charge < -0.3 is 9.84 Å². The van der Waals surface area contributed by atoms with Crippen LogP contribution in [0.3, 0.4) is 0 Å². The molecular weight excluding hydrogens is 224 g/mol. The third-order valence-electron chi connectivity index (χ3n) is 2.93.